The van der Waals surface area contributed by atoms with E-state index >= 15 is 0 Å². The van der Waals surface area contributed by atoms with Crippen LogP contribution in [0.4, 0.5) is 9.52 Å². The van der Waals surface area contributed by atoms with E-state index in [2.05, 4.69) is 10.2 Å². The lowest BCUT2D eigenvalue weighted by Gasteiger charge is -2.23. The molecule has 1 aromatic heterocycles. The normalized spacial score (nSPS) is 15.8. The first-order valence-corrected chi connectivity index (χ1v) is 16.5. The summed E-state index contributed by atoms with van der Waals surface area (Å²) in [5.74, 6) is -1.39. The van der Waals surface area contributed by atoms with E-state index in [4.69, 9.17) is 27.9 Å². The fourth-order valence-electron chi connectivity index (χ4n) is 4.94. The molecule has 1 aliphatic rings. The molecule has 46 heavy (non-hydrogen) atoms. The number of aliphatic hydroxyl groups excluding tert-OH is 1. The molecule has 0 saturated carbocycles. The first kappa shape index (κ1) is 31.7. The molecule has 0 spiro atoms. The number of anilines is 1. The van der Waals surface area contributed by atoms with Crippen LogP contribution >= 0.6 is 46.3 Å². The lowest BCUT2D eigenvalue weighted by molar-refractivity contribution is -0.132. The van der Waals surface area contributed by atoms with Crippen LogP contribution < -0.4 is 9.64 Å². The number of nitrogens with zero attached hydrogens (tertiary/aromatic N) is 3. The van der Waals surface area contributed by atoms with Gasteiger partial charge in [-0.15, -0.1) is 10.2 Å². The Kier molecular flexibility index (Phi) is 9.42. The lowest BCUT2D eigenvalue weighted by atomic mass is 9.95. The van der Waals surface area contributed by atoms with Gasteiger partial charge in [-0.3, -0.25) is 14.5 Å². The lowest BCUT2D eigenvalue weighted by Crippen LogP contribution is -2.29. The summed E-state index contributed by atoms with van der Waals surface area (Å²) in [4.78, 5) is 28.3. The molecular weight excluding hydrogens is 668 g/mol. The first-order chi connectivity index (χ1) is 22.2. The van der Waals surface area contributed by atoms with Gasteiger partial charge in [0, 0.05) is 11.3 Å². The first-order valence-electron chi connectivity index (χ1n) is 13.9. The number of rotatable bonds is 9. The highest BCUT2D eigenvalue weighted by atomic mass is 35.5. The van der Waals surface area contributed by atoms with Crippen molar-refractivity contribution in [2.75, 3.05) is 4.90 Å². The van der Waals surface area contributed by atoms with Crippen LogP contribution in [-0.2, 0) is 21.9 Å². The third kappa shape index (κ3) is 6.80. The number of ketones is 1. The highest BCUT2D eigenvalue weighted by molar-refractivity contribution is 8.00. The number of carbonyl (C=O) groups is 2. The molecule has 1 saturated heterocycles. The van der Waals surface area contributed by atoms with Crippen LogP contribution in [0, 0.1) is 12.7 Å². The molecule has 1 aliphatic heterocycles. The van der Waals surface area contributed by atoms with E-state index in [-0.39, 0.29) is 27.3 Å². The average Bonchev–Trinajstić information content (AvgIpc) is 3.62. The SMILES string of the molecule is Cc1cccc(COc2ccc(/C(O)=C3\C(=O)C(=O)N(c4nnc(SCc5ccc(F)cc5)s4)C3c3ccc(Cl)c(Cl)c3)cc2)c1. The number of amides is 1. The number of benzene rings is 4. The van der Waals surface area contributed by atoms with Crippen molar-refractivity contribution < 1.29 is 23.8 Å². The number of halogens is 3. The van der Waals surface area contributed by atoms with E-state index in [0.717, 1.165) is 28.0 Å². The van der Waals surface area contributed by atoms with E-state index in [1.165, 1.54) is 28.8 Å². The summed E-state index contributed by atoms with van der Waals surface area (Å²) >= 11 is 15.0. The molecule has 0 bridgehead atoms. The highest BCUT2D eigenvalue weighted by Crippen LogP contribution is 2.45. The second kappa shape index (κ2) is 13.6. The quantitative estimate of drug-likeness (QED) is 0.0543. The van der Waals surface area contributed by atoms with Gasteiger partial charge < -0.3 is 9.84 Å². The Bertz CT molecular complexity index is 1970. The molecule has 2 heterocycles. The Morgan fingerprint density at radius 1 is 0.957 bits per heavy atom. The summed E-state index contributed by atoms with van der Waals surface area (Å²) in [6.07, 6.45) is 0. The molecule has 1 amide bonds. The summed E-state index contributed by atoms with van der Waals surface area (Å²) in [5, 5.41) is 20.6. The molecule has 232 valence electrons. The van der Waals surface area contributed by atoms with Crippen LogP contribution in [-0.4, -0.2) is 27.0 Å². The highest BCUT2D eigenvalue weighted by Gasteiger charge is 2.48. The maximum Gasteiger partial charge on any atom is 0.301 e. The van der Waals surface area contributed by atoms with E-state index in [1.807, 2.05) is 31.2 Å². The van der Waals surface area contributed by atoms with Crippen LogP contribution in [0.5, 0.6) is 5.75 Å². The molecule has 7 nitrogen and oxygen atoms in total. The molecule has 6 rings (SSSR count). The van der Waals surface area contributed by atoms with Gasteiger partial charge >= 0.3 is 5.91 Å². The zero-order valence-electron chi connectivity index (χ0n) is 24.1. The van der Waals surface area contributed by atoms with Crippen LogP contribution in [0.25, 0.3) is 5.76 Å². The average molecular weight is 693 g/mol. The number of hydrogen-bond acceptors (Lipinski definition) is 8. The van der Waals surface area contributed by atoms with Crippen LogP contribution in [0.2, 0.25) is 10.0 Å². The van der Waals surface area contributed by atoms with Crippen LogP contribution in [0.3, 0.4) is 0 Å². The van der Waals surface area contributed by atoms with Gasteiger partial charge in [0.1, 0.15) is 23.9 Å². The second-order valence-corrected chi connectivity index (χ2v) is 13.4. The molecule has 12 heteroatoms. The number of hydrogen-bond donors (Lipinski definition) is 1. The molecule has 5 aromatic rings. The van der Waals surface area contributed by atoms with Gasteiger partial charge in [-0.25, -0.2) is 4.39 Å². The van der Waals surface area contributed by atoms with Crippen molar-refractivity contribution in [1.29, 1.82) is 0 Å². The van der Waals surface area contributed by atoms with Crippen LogP contribution in [0.15, 0.2) is 101 Å². The molecule has 1 atom stereocenters. The Hall–Kier alpha value is -4.22. The number of aliphatic hydroxyl groups is 1. The zero-order valence-corrected chi connectivity index (χ0v) is 27.3. The standard InChI is InChI=1S/C34H24Cl2FN3O4S2/c1-19-3-2-4-21(15-19)17-44-25-12-7-22(8-13-25)30(41)28-29(23-9-14-26(35)27(36)16-23)40(32(43)31(28)42)33-38-39-34(46-33)45-18-20-5-10-24(37)11-6-20/h2-16,29,41H,17-18H2,1H3/b30-28+. The molecule has 1 N–H and O–H groups in total. The summed E-state index contributed by atoms with van der Waals surface area (Å²) in [6, 6.07) is 24.4. The summed E-state index contributed by atoms with van der Waals surface area (Å²) in [6.45, 7) is 2.37. The minimum absolute atomic E-state index is 0.132. The van der Waals surface area contributed by atoms with Crippen molar-refractivity contribution >= 4 is 68.9 Å². The number of aryl methyl sites for hydroxylation is 1. The molecule has 1 unspecified atom stereocenters. The Morgan fingerprint density at radius 3 is 2.43 bits per heavy atom. The smallest absolute Gasteiger partial charge is 0.301 e. The van der Waals surface area contributed by atoms with Gasteiger partial charge in [-0.1, -0.05) is 94.3 Å². The Balaban J connectivity index is 1.31. The van der Waals surface area contributed by atoms with Gasteiger partial charge in [0.25, 0.3) is 5.78 Å². The zero-order chi connectivity index (χ0) is 32.4. The monoisotopic (exact) mass is 691 g/mol. The number of Topliss-reactive ketones (excluding diaryl/α,β-unsaturated/α-hetero) is 1. The largest absolute Gasteiger partial charge is 0.507 e. The summed E-state index contributed by atoms with van der Waals surface area (Å²) in [7, 11) is 0. The molecule has 4 aromatic carbocycles. The van der Waals surface area contributed by atoms with E-state index < -0.39 is 17.7 Å². The van der Waals surface area contributed by atoms with Gasteiger partial charge in [-0.05, 0) is 72.1 Å². The van der Waals surface area contributed by atoms with Crippen LogP contribution in [0.1, 0.15) is 33.9 Å². The van der Waals surface area contributed by atoms with Gasteiger partial charge in [0.05, 0.1) is 21.7 Å². The third-order valence-corrected chi connectivity index (χ3v) is 10.1. The van der Waals surface area contributed by atoms with Gasteiger partial charge in [0.15, 0.2) is 4.34 Å². The Labute approximate surface area is 282 Å². The van der Waals surface area contributed by atoms with Crippen molar-refractivity contribution in [2.24, 2.45) is 0 Å². The van der Waals surface area contributed by atoms with Crippen molar-refractivity contribution in [3.05, 3.63) is 140 Å². The minimum Gasteiger partial charge on any atom is -0.507 e. The fourth-order valence-corrected chi connectivity index (χ4v) is 7.07. The van der Waals surface area contributed by atoms with Crippen molar-refractivity contribution in [2.45, 2.75) is 29.7 Å². The maximum absolute atomic E-state index is 13.6. The predicted octanol–water partition coefficient (Wildman–Crippen LogP) is 8.79. The topological polar surface area (TPSA) is 92.6 Å². The number of carbonyl (C=O) groups excluding carboxylic acids is 2. The van der Waals surface area contributed by atoms with E-state index in [0.29, 0.717) is 38.6 Å². The maximum atomic E-state index is 13.6. The molecule has 1 fully saturated rings. The third-order valence-electron chi connectivity index (χ3n) is 7.20. The molecule has 0 aliphatic carbocycles. The van der Waals surface area contributed by atoms with Gasteiger partial charge in [-0.2, -0.15) is 0 Å². The number of thioether (sulfide) groups is 1. The van der Waals surface area contributed by atoms with Crippen molar-refractivity contribution in [3.8, 4) is 5.75 Å². The van der Waals surface area contributed by atoms with E-state index in [9.17, 15) is 19.1 Å². The number of aromatic nitrogens is 2. The van der Waals surface area contributed by atoms with Crippen molar-refractivity contribution in [3.63, 3.8) is 0 Å². The van der Waals surface area contributed by atoms with Gasteiger partial charge in [0.2, 0.25) is 5.13 Å². The van der Waals surface area contributed by atoms with Crippen molar-refractivity contribution in [1.82, 2.24) is 10.2 Å². The Morgan fingerprint density at radius 2 is 1.72 bits per heavy atom. The summed E-state index contributed by atoms with van der Waals surface area (Å²) in [5.41, 5.74) is 3.66. The predicted molar refractivity (Wildman–Crippen MR) is 179 cm³/mol. The molecule has 0 radical (unpaired) electrons. The minimum atomic E-state index is -1.06. The second-order valence-electron chi connectivity index (χ2n) is 10.4. The summed E-state index contributed by atoms with van der Waals surface area (Å²) < 4.78 is 19.7. The number of ether oxygens (including phenoxy) is 1. The fraction of sp³-hybridized carbons (Fsp3) is 0.118. The molecular formula is C34H24Cl2FN3O4S2. The van der Waals surface area contributed by atoms with E-state index in [1.54, 1.807) is 54.6 Å².